The summed E-state index contributed by atoms with van der Waals surface area (Å²) in [7, 11) is 2.97. The second-order valence-corrected chi connectivity index (χ2v) is 7.16. The molecule has 6 nitrogen and oxygen atoms in total. The minimum Gasteiger partial charge on any atom is -0.375 e. The standard InChI is InChI=1S/C19H20FN3O3S/c1-22(19(25)12-26-2)11-18(24)23-16(13-5-7-14(20)8-6-13)10-15(21-23)17-4-3-9-27-17/h3-9,16H,10-12H2,1-2H3. The molecule has 0 saturated carbocycles. The maximum atomic E-state index is 13.3. The van der Waals surface area contributed by atoms with E-state index >= 15 is 0 Å². The first kappa shape index (κ1) is 19.2. The SMILES string of the molecule is COCC(=O)N(C)CC(=O)N1N=C(c2cccs2)CC1c1ccc(F)cc1. The predicted octanol–water partition coefficient (Wildman–Crippen LogP) is 2.67. The molecule has 1 unspecified atom stereocenters. The highest BCUT2D eigenvalue weighted by Gasteiger charge is 2.34. The van der Waals surface area contributed by atoms with Crippen molar-refractivity contribution in [1.29, 1.82) is 0 Å². The molecule has 2 heterocycles. The summed E-state index contributed by atoms with van der Waals surface area (Å²) in [5.74, 6) is -0.924. The van der Waals surface area contributed by atoms with Gasteiger partial charge in [-0.3, -0.25) is 9.59 Å². The lowest BCUT2D eigenvalue weighted by atomic mass is 10.0. The van der Waals surface area contributed by atoms with Crippen LogP contribution in [0.5, 0.6) is 0 Å². The van der Waals surface area contributed by atoms with Crippen molar-refractivity contribution >= 4 is 28.9 Å². The Labute approximate surface area is 160 Å². The minimum absolute atomic E-state index is 0.0884. The first-order chi connectivity index (χ1) is 13.0. The molecule has 0 fully saturated rings. The van der Waals surface area contributed by atoms with E-state index in [1.54, 1.807) is 30.5 Å². The molecule has 0 spiro atoms. The van der Waals surface area contributed by atoms with Crippen molar-refractivity contribution in [2.24, 2.45) is 5.10 Å². The van der Waals surface area contributed by atoms with Gasteiger partial charge in [0.15, 0.2) is 0 Å². The van der Waals surface area contributed by atoms with Gasteiger partial charge in [0.05, 0.1) is 16.6 Å². The van der Waals surface area contributed by atoms with Crippen LogP contribution in [-0.4, -0.2) is 54.7 Å². The van der Waals surface area contributed by atoms with E-state index in [1.165, 1.54) is 29.2 Å². The van der Waals surface area contributed by atoms with Crippen LogP contribution in [0.1, 0.15) is 22.9 Å². The van der Waals surface area contributed by atoms with Crippen molar-refractivity contribution in [3.8, 4) is 0 Å². The monoisotopic (exact) mass is 389 g/mol. The lowest BCUT2D eigenvalue weighted by Crippen LogP contribution is -2.40. The Morgan fingerprint density at radius 3 is 2.70 bits per heavy atom. The van der Waals surface area contributed by atoms with Crippen molar-refractivity contribution < 1.29 is 18.7 Å². The van der Waals surface area contributed by atoms with Crippen LogP contribution in [0.3, 0.4) is 0 Å². The van der Waals surface area contributed by atoms with Crippen LogP contribution >= 0.6 is 11.3 Å². The van der Waals surface area contributed by atoms with Crippen molar-refractivity contribution in [1.82, 2.24) is 9.91 Å². The Morgan fingerprint density at radius 1 is 1.33 bits per heavy atom. The molecule has 1 atom stereocenters. The average Bonchev–Trinajstić information content (AvgIpc) is 3.32. The van der Waals surface area contributed by atoms with Gasteiger partial charge in [0.25, 0.3) is 5.91 Å². The number of thiophene rings is 1. The van der Waals surface area contributed by atoms with Crippen LogP contribution in [0.2, 0.25) is 0 Å². The Morgan fingerprint density at radius 2 is 2.07 bits per heavy atom. The normalized spacial score (nSPS) is 16.3. The summed E-state index contributed by atoms with van der Waals surface area (Å²) in [6.07, 6.45) is 0.535. The third-order valence-electron chi connectivity index (χ3n) is 4.29. The number of ether oxygens (including phenoxy) is 1. The number of carbonyl (C=O) groups excluding carboxylic acids is 2. The number of amides is 2. The molecule has 2 amide bonds. The van der Waals surface area contributed by atoms with E-state index in [4.69, 9.17) is 4.74 Å². The molecule has 0 aliphatic carbocycles. The highest BCUT2D eigenvalue weighted by Crippen LogP contribution is 2.33. The average molecular weight is 389 g/mol. The number of likely N-dealkylation sites (N-methyl/N-ethyl adjacent to an activating group) is 1. The van der Waals surface area contributed by atoms with Gasteiger partial charge < -0.3 is 9.64 Å². The van der Waals surface area contributed by atoms with Crippen molar-refractivity contribution in [2.45, 2.75) is 12.5 Å². The Hall–Kier alpha value is -2.58. The van der Waals surface area contributed by atoms with Gasteiger partial charge in [0, 0.05) is 20.6 Å². The van der Waals surface area contributed by atoms with E-state index in [-0.39, 0.29) is 36.8 Å². The molecule has 2 aromatic rings. The number of hydrazone groups is 1. The Kier molecular flexibility index (Phi) is 5.98. The maximum Gasteiger partial charge on any atom is 0.262 e. The number of nitrogens with zero attached hydrogens (tertiary/aromatic N) is 3. The van der Waals surface area contributed by atoms with Gasteiger partial charge in [0.1, 0.15) is 19.0 Å². The smallest absolute Gasteiger partial charge is 0.262 e. The molecule has 0 bridgehead atoms. The summed E-state index contributed by atoms with van der Waals surface area (Å²) in [4.78, 5) is 27.0. The fourth-order valence-electron chi connectivity index (χ4n) is 2.87. The molecule has 3 rings (SSSR count). The largest absolute Gasteiger partial charge is 0.375 e. The maximum absolute atomic E-state index is 13.3. The second kappa shape index (κ2) is 8.41. The number of methoxy groups -OCH3 is 1. The quantitative estimate of drug-likeness (QED) is 0.763. The zero-order valence-electron chi connectivity index (χ0n) is 15.1. The predicted molar refractivity (Wildman–Crippen MR) is 101 cm³/mol. The first-order valence-corrected chi connectivity index (χ1v) is 9.29. The van der Waals surface area contributed by atoms with Crippen LogP contribution in [0.15, 0.2) is 46.9 Å². The van der Waals surface area contributed by atoms with Gasteiger partial charge in [-0.05, 0) is 29.1 Å². The number of carbonyl (C=O) groups is 2. The van der Waals surface area contributed by atoms with Gasteiger partial charge in [-0.2, -0.15) is 5.10 Å². The number of benzene rings is 1. The molecule has 142 valence electrons. The summed E-state index contributed by atoms with van der Waals surface area (Å²) in [5, 5.41) is 7.87. The van der Waals surface area contributed by atoms with Gasteiger partial charge in [-0.25, -0.2) is 9.40 Å². The molecular weight excluding hydrogens is 369 g/mol. The topological polar surface area (TPSA) is 62.2 Å². The zero-order chi connectivity index (χ0) is 19.4. The van der Waals surface area contributed by atoms with Crippen LogP contribution in [0, 0.1) is 5.82 Å². The Balaban J connectivity index is 1.83. The van der Waals surface area contributed by atoms with Crippen molar-refractivity contribution in [3.05, 3.63) is 58.0 Å². The summed E-state index contributed by atoms with van der Waals surface area (Å²) in [6, 6.07) is 9.61. The molecule has 1 aliphatic rings. The third kappa shape index (κ3) is 4.40. The van der Waals surface area contributed by atoms with Crippen LogP contribution in [-0.2, 0) is 14.3 Å². The van der Waals surface area contributed by atoms with E-state index < -0.39 is 0 Å². The van der Waals surface area contributed by atoms with Crippen molar-refractivity contribution in [2.75, 3.05) is 27.3 Å². The molecule has 1 aromatic carbocycles. The highest BCUT2D eigenvalue weighted by atomic mass is 32.1. The van der Waals surface area contributed by atoms with Crippen LogP contribution in [0.25, 0.3) is 0 Å². The van der Waals surface area contributed by atoms with E-state index in [2.05, 4.69) is 5.10 Å². The lowest BCUT2D eigenvalue weighted by Gasteiger charge is -2.24. The van der Waals surface area contributed by atoms with E-state index in [9.17, 15) is 14.0 Å². The molecule has 1 aromatic heterocycles. The molecule has 0 N–H and O–H groups in total. The third-order valence-corrected chi connectivity index (χ3v) is 5.21. The van der Waals surface area contributed by atoms with Gasteiger partial charge in [0.2, 0.25) is 5.91 Å². The van der Waals surface area contributed by atoms with Crippen LogP contribution in [0.4, 0.5) is 4.39 Å². The molecular formula is C19H20FN3O3S. The van der Waals surface area contributed by atoms with Gasteiger partial charge in [-0.15, -0.1) is 11.3 Å². The summed E-state index contributed by atoms with van der Waals surface area (Å²) >= 11 is 1.55. The number of rotatable bonds is 6. The second-order valence-electron chi connectivity index (χ2n) is 6.22. The fraction of sp³-hybridized carbons (Fsp3) is 0.316. The Bertz CT molecular complexity index is 836. The van der Waals surface area contributed by atoms with E-state index in [1.807, 2.05) is 17.5 Å². The summed E-state index contributed by atoms with van der Waals surface area (Å²) < 4.78 is 18.1. The molecule has 8 heteroatoms. The molecule has 0 saturated heterocycles. The zero-order valence-corrected chi connectivity index (χ0v) is 15.9. The highest BCUT2D eigenvalue weighted by molar-refractivity contribution is 7.12. The minimum atomic E-state index is -0.334. The first-order valence-electron chi connectivity index (χ1n) is 8.41. The van der Waals surface area contributed by atoms with E-state index in [0.717, 1.165) is 16.2 Å². The van der Waals surface area contributed by atoms with Gasteiger partial charge in [-0.1, -0.05) is 18.2 Å². The molecule has 27 heavy (non-hydrogen) atoms. The number of hydrogen-bond acceptors (Lipinski definition) is 5. The van der Waals surface area contributed by atoms with Crippen molar-refractivity contribution in [3.63, 3.8) is 0 Å². The number of hydrogen-bond donors (Lipinski definition) is 0. The number of halogens is 1. The van der Waals surface area contributed by atoms with Gasteiger partial charge >= 0.3 is 0 Å². The summed E-state index contributed by atoms with van der Waals surface area (Å²) in [6.45, 7) is -0.198. The molecule has 0 radical (unpaired) electrons. The lowest BCUT2D eigenvalue weighted by molar-refractivity contribution is -0.142. The van der Waals surface area contributed by atoms with Crippen LogP contribution < -0.4 is 0 Å². The summed E-state index contributed by atoms with van der Waals surface area (Å²) in [5.41, 5.74) is 1.60. The van der Waals surface area contributed by atoms with E-state index in [0.29, 0.717) is 6.42 Å². The molecule has 1 aliphatic heterocycles. The fourth-order valence-corrected chi connectivity index (χ4v) is 3.59.